The number of carbonyl (C=O) groups excluding carboxylic acids is 3. The third-order valence-electron chi connectivity index (χ3n) is 7.03. The van der Waals surface area contributed by atoms with Crippen LogP contribution < -0.4 is 26.4 Å². The molecule has 228 valence electrons. The second-order valence-corrected chi connectivity index (χ2v) is 10.4. The van der Waals surface area contributed by atoms with Crippen molar-refractivity contribution >= 4 is 52.4 Å². The van der Waals surface area contributed by atoms with Crippen LogP contribution in [0.4, 0.5) is 17.3 Å². The van der Waals surface area contributed by atoms with Gasteiger partial charge in [0.15, 0.2) is 5.69 Å². The number of hydrogen-bond acceptors (Lipinski definition) is 10. The molecule has 4 heterocycles. The molecule has 5 rings (SSSR count). The summed E-state index contributed by atoms with van der Waals surface area (Å²) in [7, 11) is 0. The Morgan fingerprint density at radius 2 is 1.84 bits per heavy atom. The number of nitrogens with zero attached hydrogens (tertiary/aromatic N) is 8. The van der Waals surface area contributed by atoms with E-state index in [2.05, 4.69) is 36.0 Å². The van der Waals surface area contributed by atoms with Crippen LogP contribution in [0.2, 0.25) is 5.02 Å². The van der Waals surface area contributed by atoms with Crippen molar-refractivity contribution in [3.05, 3.63) is 63.1 Å². The molecule has 0 radical (unpaired) electrons. The summed E-state index contributed by atoms with van der Waals surface area (Å²) in [4.78, 5) is 65.7. The number of H-pyrrole nitrogens is 1. The molecule has 4 aromatic rings. The fourth-order valence-electron chi connectivity index (χ4n) is 4.90. The molecule has 0 spiro atoms. The number of carbonyl (C=O) groups is 3. The summed E-state index contributed by atoms with van der Waals surface area (Å²) in [6.07, 6.45) is 1.30. The fourth-order valence-corrected chi connectivity index (χ4v) is 5.03. The Balaban J connectivity index is 1.43. The summed E-state index contributed by atoms with van der Waals surface area (Å²) in [5.41, 5.74) is 1.06. The molecule has 0 unspecified atom stereocenters. The summed E-state index contributed by atoms with van der Waals surface area (Å²) in [5.74, 6) is -0.592. The average molecular weight is 621 g/mol. The number of anilines is 3. The number of benzene rings is 1. The first-order valence-electron chi connectivity index (χ1n) is 13.7. The Bertz CT molecular complexity index is 1810. The summed E-state index contributed by atoms with van der Waals surface area (Å²) in [6, 6.07) is 8.58. The highest BCUT2D eigenvalue weighted by molar-refractivity contribution is 6.30. The SMILES string of the molecule is CC(=O)NCCNc1nc2n(CC(=O)Nc3ccc(Cl)cc3)c(C)c(N3CCN(C(=O)c4[nH]cnc4C#N)CC3)c(=O)n2n1. The number of aromatic amines is 1. The lowest BCUT2D eigenvalue weighted by Crippen LogP contribution is -2.51. The number of nitrogens with one attached hydrogen (secondary N) is 4. The second kappa shape index (κ2) is 12.8. The number of piperazine rings is 1. The molecule has 0 saturated carbocycles. The zero-order valence-corrected chi connectivity index (χ0v) is 24.7. The second-order valence-electron chi connectivity index (χ2n) is 9.95. The zero-order chi connectivity index (χ0) is 31.4. The number of imidazole rings is 1. The molecule has 0 atom stereocenters. The smallest absolute Gasteiger partial charge is 0.299 e. The monoisotopic (exact) mass is 620 g/mol. The van der Waals surface area contributed by atoms with E-state index in [1.54, 1.807) is 40.7 Å². The minimum atomic E-state index is -0.436. The van der Waals surface area contributed by atoms with E-state index in [0.717, 1.165) is 4.52 Å². The Labute approximate surface area is 255 Å². The molecule has 1 aromatic carbocycles. The molecule has 1 aliphatic heterocycles. The summed E-state index contributed by atoms with van der Waals surface area (Å²) in [6.45, 7) is 4.79. The van der Waals surface area contributed by atoms with Crippen LogP contribution in [0.3, 0.4) is 0 Å². The minimum absolute atomic E-state index is 0.0196. The standard InChI is InChI=1S/C27H29ClN12O4/c1-16-23(37-9-11-38(12-10-37)24(43)22-20(13-29)32-15-33-22)25(44)40-27(35-26(36-40)31-8-7-30-17(2)41)39(16)14-21(42)34-19-5-3-18(28)4-6-19/h3-6,15H,7-12,14H2,1-2H3,(H,30,41)(H,31,36)(H,32,33)(H,34,42). The normalized spacial score (nSPS) is 13.0. The zero-order valence-electron chi connectivity index (χ0n) is 23.9. The molecule has 0 aliphatic carbocycles. The molecular weight excluding hydrogens is 592 g/mol. The van der Waals surface area contributed by atoms with E-state index in [9.17, 15) is 24.4 Å². The predicted octanol–water partition coefficient (Wildman–Crippen LogP) is 0.597. The molecule has 3 amide bonds. The number of nitriles is 1. The first kappa shape index (κ1) is 30.0. The van der Waals surface area contributed by atoms with Crippen molar-refractivity contribution in [2.24, 2.45) is 0 Å². The lowest BCUT2D eigenvalue weighted by atomic mass is 10.2. The van der Waals surface area contributed by atoms with Crippen LogP contribution in [-0.2, 0) is 16.1 Å². The summed E-state index contributed by atoms with van der Waals surface area (Å²) >= 11 is 5.96. The third-order valence-corrected chi connectivity index (χ3v) is 7.28. The lowest BCUT2D eigenvalue weighted by molar-refractivity contribution is -0.119. The number of fused-ring (bicyclic) bond motifs is 1. The van der Waals surface area contributed by atoms with Crippen molar-refractivity contribution in [2.45, 2.75) is 20.4 Å². The number of aromatic nitrogens is 6. The van der Waals surface area contributed by atoms with Gasteiger partial charge in [-0.2, -0.15) is 14.8 Å². The molecule has 1 fully saturated rings. The van der Waals surface area contributed by atoms with E-state index >= 15 is 0 Å². The molecule has 1 saturated heterocycles. The van der Waals surface area contributed by atoms with Gasteiger partial charge >= 0.3 is 0 Å². The minimum Gasteiger partial charge on any atom is -0.362 e. The van der Waals surface area contributed by atoms with Crippen molar-refractivity contribution in [2.75, 3.05) is 54.8 Å². The Morgan fingerprint density at radius 1 is 1.11 bits per heavy atom. The van der Waals surface area contributed by atoms with Crippen LogP contribution in [0.25, 0.3) is 5.78 Å². The summed E-state index contributed by atoms with van der Waals surface area (Å²) in [5, 5.41) is 22.6. The molecule has 3 aromatic heterocycles. The predicted molar refractivity (Wildman–Crippen MR) is 161 cm³/mol. The van der Waals surface area contributed by atoms with Crippen LogP contribution in [0, 0.1) is 18.3 Å². The van der Waals surface area contributed by atoms with Gasteiger partial charge < -0.3 is 35.3 Å². The number of hydrogen-bond donors (Lipinski definition) is 4. The first-order chi connectivity index (χ1) is 21.2. The highest BCUT2D eigenvalue weighted by Crippen LogP contribution is 2.21. The number of halogens is 1. The van der Waals surface area contributed by atoms with Gasteiger partial charge in [0.1, 0.15) is 24.0 Å². The number of rotatable bonds is 9. The van der Waals surface area contributed by atoms with E-state index in [4.69, 9.17) is 11.6 Å². The van der Waals surface area contributed by atoms with E-state index in [1.165, 1.54) is 13.3 Å². The average Bonchev–Trinajstić information content (AvgIpc) is 3.66. The van der Waals surface area contributed by atoms with Crippen LogP contribution in [-0.4, -0.2) is 91.0 Å². The molecule has 1 aliphatic rings. The Hall–Kier alpha value is -5.43. The Kier molecular flexibility index (Phi) is 8.76. The van der Waals surface area contributed by atoms with E-state index in [-0.39, 0.29) is 60.5 Å². The fraction of sp³-hybridized carbons (Fsp3) is 0.333. The van der Waals surface area contributed by atoms with Crippen molar-refractivity contribution in [3.63, 3.8) is 0 Å². The van der Waals surface area contributed by atoms with Crippen molar-refractivity contribution in [1.29, 1.82) is 5.26 Å². The van der Waals surface area contributed by atoms with E-state index < -0.39 is 5.56 Å². The largest absolute Gasteiger partial charge is 0.362 e. The molecule has 44 heavy (non-hydrogen) atoms. The van der Waals surface area contributed by atoms with Gasteiger partial charge in [0.25, 0.3) is 11.5 Å². The van der Waals surface area contributed by atoms with Crippen LogP contribution in [0.5, 0.6) is 0 Å². The van der Waals surface area contributed by atoms with Crippen LogP contribution in [0.1, 0.15) is 28.8 Å². The van der Waals surface area contributed by atoms with Crippen molar-refractivity contribution in [1.82, 2.24) is 39.3 Å². The van der Waals surface area contributed by atoms with Crippen LogP contribution in [0.15, 0.2) is 35.4 Å². The highest BCUT2D eigenvalue weighted by atomic mass is 35.5. The molecule has 17 heteroatoms. The Morgan fingerprint density at radius 3 is 2.52 bits per heavy atom. The van der Waals surface area contributed by atoms with Gasteiger partial charge in [0.2, 0.25) is 23.5 Å². The molecule has 16 nitrogen and oxygen atoms in total. The highest BCUT2D eigenvalue weighted by Gasteiger charge is 2.29. The maximum atomic E-state index is 13.8. The van der Waals surface area contributed by atoms with Gasteiger partial charge in [-0.3, -0.25) is 19.2 Å². The van der Waals surface area contributed by atoms with Gasteiger partial charge in [-0.05, 0) is 31.2 Å². The molecule has 4 N–H and O–H groups in total. The van der Waals surface area contributed by atoms with Gasteiger partial charge in [0.05, 0.1) is 6.33 Å². The van der Waals surface area contributed by atoms with Gasteiger partial charge in [-0.25, -0.2) is 4.98 Å². The summed E-state index contributed by atoms with van der Waals surface area (Å²) < 4.78 is 2.75. The number of amides is 3. The molecule has 0 bridgehead atoms. The topological polar surface area (TPSA) is 198 Å². The molecular formula is C27H29ClN12O4. The van der Waals surface area contributed by atoms with E-state index in [1.807, 2.05) is 11.0 Å². The van der Waals surface area contributed by atoms with Gasteiger partial charge in [-0.1, -0.05) is 11.6 Å². The maximum Gasteiger partial charge on any atom is 0.299 e. The van der Waals surface area contributed by atoms with Crippen molar-refractivity contribution in [3.8, 4) is 6.07 Å². The van der Waals surface area contributed by atoms with Gasteiger partial charge in [-0.15, -0.1) is 5.10 Å². The first-order valence-corrected chi connectivity index (χ1v) is 14.1. The lowest BCUT2D eigenvalue weighted by Gasteiger charge is -2.36. The van der Waals surface area contributed by atoms with Crippen LogP contribution >= 0.6 is 11.6 Å². The quantitative estimate of drug-likeness (QED) is 0.192. The van der Waals surface area contributed by atoms with E-state index in [0.29, 0.717) is 48.3 Å². The van der Waals surface area contributed by atoms with Crippen molar-refractivity contribution < 1.29 is 14.4 Å². The van der Waals surface area contributed by atoms with Gasteiger partial charge in [0, 0.05) is 62.6 Å². The maximum absolute atomic E-state index is 13.8. The third kappa shape index (κ3) is 6.32.